The Morgan fingerprint density at radius 1 is 1.55 bits per heavy atom. The van der Waals surface area contributed by atoms with Crippen molar-refractivity contribution in [2.24, 2.45) is 5.73 Å². The van der Waals surface area contributed by atoms with Crippen LogP contribution in [0.15, 0.2) is 18.3 Å². The van der Waals surface area contributed by atoms with E-state index in [2.05, 4.69) is 4.98 Å². The third kappa shape index (κ3) is 2.51. The number of nitrogens with zero attached hydrogens (tertiary/aromatic N) is 1. The Kier molecular flexibility index (Phi) is 2.80. The number of hydrogen-bond acceptors (Lipinski definition) is 3. The number of pyridine rings is 1. The van der Waals surface area contributed by atoms with Crippen molar-refractivity contribution in [3.63, 3.8) is 0 Å². The summed E-state index contributed by atoms with van der Waals surface area (Å²) in [6, 6.07) is 2.75. The third-order valence-electron chi connectivity index (χ3n) is 1.09. The minimum absolute atomic E-state index is 0.424. The summed E-state index contributed by atoms with van der Waals surface area (Å²) in [5, 5.41) is 0. The molecule has 0 bridgehead atoms. The van der Waals surface area contributed by atoms with Gasteiger partial charge in [0, 0.05) is 6.54 Å². The van der Waals surface area contributed by atoms with Gasteiger partial charge in [-0.15, -0.1) is 0 Å². The van der Waals surface area contributed by atoms with E-state index < -0.39 is 5.95 Å². The molecule has 0 saturated carbocycles. The maximum Gasteiger partial charge on any atom is 0.213 e. The van der Waals surface area contributed by atoms with Gasteiger partial charge in [0.2, 0.25) is 5.95 Å². The molecule has 0 atom stereocenters. The highest BCUT2D eigenvalue weighted by Crippen LogP contribution is 2.07. The Balaban J connectivity index is 2.52. The van der Waals surface area contributed by atoms with Crippen molar-refractivity contribution in [2.45, 2.75) is 0 Å². The second-order valence-electron chi connectivity index (χ2n) is 1.95. The van der Waals surface area contributed by atoms with E-state index in [9.17, 15) is 4.39 Å². The molecular weight excluding hydrogens is 147 g/mol. The highest BCUT2D eigenvalue weighted by molar-refractivity contribution is 5.15. The fraction of sp³-hybridized carbons (Fsp3) is 0.286. The predicted molar refractivity (Wildman–Crippen MR) is 38.7 cm³/mol. The van der Waals surface area contributed by atoms with Crippen LogP contribution in [0.25, 0.3) is 0 Å². The van der Waals surface area contributed by atoms with Crippen LogP contribution in [0.2, 0.25) is 0 Å². The Morgan fingerprint density at radius 3 is 2.91 bits per heavy atom. The zero-order valence-corrected chi connectivity index (χ0v) is 5.96. The van der Waals surface area contributed by atoms with E-state index in [4.69, 9.17) is 10.5 Å². The van der Waals surface area contributed by atoms with Crippen molar-refractivity contribution in [3.8, 4) is 5.75 Å². The molecule has 0 aromatic carbocycles. The maximum absolute atomic E-state index is 12.2. The molecule has 2 N–H and O–H groups in total. The first-order valence-electron chi connectivity index (χ1n) is 3.27. The molecular formula is C7H9FN2O. The van der Waals surface area contributed by atoms with Crippen molar-refractivity contribution in [1.29, 1.82) is 0 Å². The smallest absolute Gasteiger partial charge is 0.213 e. The maximum atomic E-state index is 12.2. The second-order valence-corrected chi connectivity index (χ2v) is 1.95. The lowest BCUT2D eigenvalue weighted by Crippen LogP contribution is -2.10. The molecule has 0 unspecified atom stereocenters. The Bertz CT molecular complexity index is 212. The van der Waals surface area contributed by atoms with Gasteiger partial charge in [-0.2, -0.15) is 4.39 Å². The van der Waals surface area contributed by atoms with Gasteiger partial charge in [0.1, 0.15) is 12.4 Å². The molecule has 11 heavy (non-hydrogen) atoms. The number of ether oxygens (including phenoxy) is 1. The monoisotopic (exact) mass is 156 g/mol. The van der Waals surface area contributed by atoms with Gasteiger partial charge >= 0.3 is 0 Å². The van der Waals surface area contributed by atoms with E-state index in [0.29, 0.717) is 18.9 Å². The summed E-state index contributed by atoms with van der Waals surface area (Å²) < 4.78 is 17.3. The van der Waals surface area contributed by atoms with Gasteiger partial charge in [0.15, 0.2) is 0 Å². The summed E-state index contributed by atoms with van der Waals surface area (Å²) in [4.78, 5) is 3.40. The molecule has 0 fully saturated rings. The SMILES string of the molecule is NCCOc1ccc(F)nc1. The topological polar surface area (TPSA) is 48.1 Å². The quantitative estimate of drug-likeness (QED) is 0.650. The molecule has 1 heterocycles. The van der Waals surface area contributed by atoms with Crippen LogP contribution in [-0.2, 0) is 0 Å². The van der Waals surface area contributed by atoms with Crippen molar-refractivity contribution in [3.05, 3.63) is 24.3 Å². The molecule has 1 aromatic heterocycles. The fourth-order valence-corrected chi connectivity index (χ4v) is 0.624. The summed E-state index contributed by atoms with van der Waals surface area (Å²) in [5.41, 5.74) is 5.19. The number of halogens is 1. The summed E-state index contributed by atoms with van der Waals surface area (Å²) in [5.74, 6) is 0.0296. The van der Waals surface area contributed by atoms with Crippen LogP contribution in [0, 0.1) is 5.95 Å². The second kappa shape index (κ2) is 3.88. The first-order chi connectivity index (χ1) is 5.33. The Labute approximate surface area is 64.0 Å². The molecule has 0 saturated heterocycles. The molecule has 3 nitrogen and oxygen atoms in total. The van der Waals surface area contributed by atoms with Gasteiger partial charge in [-0.1, -0.05) is 0 Å². The van der Waals surface area contributed by atoms with Crippen LogP contribution in [0.3, 0.4) is 0 Å². The van der Waals surface area contributed by atoms with Crippen LogP contribution in [0.4, 0.5) is 4.39 Å². The molecule has 4 heteroatoms. The first-order valence-corrected chi connectivity index (χ1v) is 3.27. The summed E-state index contributed by atoms with van der Waals surface area (Å²) in [6.07, 6.45) is 1.32. The lowest BCUT2D eigenvalue weighted by Gasteiger charge is -2.01. The van der Waals surface area contributed by atoms with Crippen LogP contribution >= 0.6 is 0 Å². The Hall–Kier alpha value is -1.16. The standard InChI is InChI=1S/C7H9FN2O/c8-7-2-1-6(5-10-7)11-4-3-9/h1-2,5H,3-4,9H2. The first kappa shape index (κ1) is 7.94. The number of aromatic nitrogens is 1. The van der Waals surface area contributed by atoms with Gasteiger partial charge in [0.25, 0.3) is 0 Å². The molecule has 1 rings (SSSR count). The van der Waals surface area contributed by atoms with Crippen molar-refractivity contribution in [2.75, 3.05) is 13.2 Å². The summed E-state index contributed by atoms with van der Waals surface area (Å²) in [6.45, 7) is 0.866. The number of rotatable bonds is 3. The average Bonchev–Trinajstić information content (AvgIpc) is 2.04. The van der Waals surface area contributed by atoms with Crippen molar-refractivity contribution >= 4 is 0 Å². The third-order valence-corrected chi connectivity index (χ3v) is 1.09. The highest BCUT2D eigenvalue weighted by Gasteiger charge is 1.93. The van der Waals surface area contributed by atoms with Crippen LogP contribution < -0.4 is 10.5 Å². The van der Waals surface area contributed by atoms with Gasteiger partial charge in [-0.25, -0.2) is 4.98 Å². The lowest BCUT2D eigenvalue weighted by molar-refractivity contribution is 0.326. The van der Waals surface area contributed by atoms with E-state index in [1.54, 1.807) is 0 Å². The molecule has 0 amide bonds. The zero-order valence-electron chi connectivity index (χ0n) is 5.96. The van der Waals surface area contributed by atoms with Gasteiger partial charge in [-0.05, 0) is 12.1 Å². The van der Waals surface area contributed by atoms with Crippen molar-refractivity contribution in [1.82, 2.24) is 4.98 Å². The average molecular weight is 156 g/mol. The Morgan fingerprint density at radius 2 is 2.36 bits per heavy atom. The van der Waals surface area contributed by atoms with E-state index in [1.807, 2.05) is 0 Å². The molecule has 1 aromatic rings. The fourth-order valence-electron chi connectivity index (χ4n) is 0.624. The lowest BCUT2D eigenvalue weighted by atomic mass is 10.4. The van der Waals surface area contributed by atoms with Crippen LogP contribution in [-0.4, -0.2) is 18.1 Å². The summed E-state index contributed by atoms with van der Waals surface area (Å²) >= 11 is 0. The van der Waals surface area contributed by atoms with E-state index in [0.717, 1.165) is 0 Å². The molecule has 0 radical (unpaired) electrons. The molecule has 60 valence electrons. The largest absolute Gasteiger partial charge is 0.491 e. The molecule has 0 spiro atoms. The van der Waals surface area contributed by atoms with E-state index in [1.165, 1.54) is 18.3 Å². The van der Waals surface area contributed by atoms with Gasteiger partial charge in [0.05, 0.1) is 6.20 Å². The molecule has 0 aliphatic carbocycles. The van der Waals surface area contributed by atoms with E-state index in [-0.39, 0.29) is 0 Å². The minimum Gasteiger partial charge on any atom is -0.491 e. The summed E-state index contributed by atoms with van der Waals surface area (Å²) in [7, 11) is 0. The molecule has 0 aliphatic rings. The zero-order chi connectivity index (χ0) is 8.10. The van der Waals surface area contributed by atoms with Crippen LogP contribution in [0.5, 0.6) is 5.75 Å². The predicted octanol–water partition coefficient (Wildman–Crippen LogP) is 0.558. The van der Waals surface area contributed by atoms with Crippen LogP contribution in [0.1, 0.15) is 0 Å². The number of hydrogen-bond donors (Lipinski definition) is 1. The van der Waals surface area contributed by atoms with E-state index >= 15 is 0 Å². The molecule has 0 aliphatic heterocycles. The van der Waals surface area contributed by atoms with Gasteiger partial charge in [-0.3, -0.25) is 0 Å². The normalized spacial score (nSPS) is 9.64. The van der Waals surface area contributed by atoms with Crippen molar-refractivity contribution < 1.29 is 9.13 Å². The number of nitrogens with two attached hydrogens (primary N) is 1. The highest BCUT2D eigenvalue weighted by atomic mass is 19.1. The van der Waals surface area contributed by atoms with Gasteiger partial charge < -0.3 is 10.5 Å². The minimum atomic E-state index is -0.509.